The number of carbonyl (C=O) groups is 2. The van der Waals surface area contributed by atoms with Gasteiger partial charge in [0.25, 0.3) is 5.91 Å². The van der Waals surface area contributed by atoms with E-state index >= 15 is 0 Å². The number of rotatable bonds is 10. The highest BCUT2D eigenvalue weighted by Gasteiger charge is 2.18. The number of likely N-dealkylation sites (N-methyl/N-ethyl adjacent to an activating group) is 1. The van der Waals surface area contributed by atoms with Crippen molar-refractivity contribution in [3.05, 3.63) is 53.6 Å². The van der Waals surface area contributed by atoms with Crippen LogP contribution in [0, 0.1) is 0 Å². The van der Waals surface area contributed by atoms with Crippen molar-refractivity contribution in [3.8, 4) is 17.2 Å². The highest BCUT2D eigenvalue weighted by molar-refractivity contribution is 5.97. The highest BCUT2D eigenvalue weighted by atomic mass is 16.7. The van der Waals surface area contributed by atoms with Crippen LogP contribution in [0.1, 0.15) is 28.8 Å². The summed E-state index contributed by atoms with van der Waals surface area (Å²) in [5.74, 6) is 1.26. The first kappa shape index (κ1) is 23.8. The fraction of sp³-hybridized carbons (Fsp3) is 0.440. The predicted octanol–water partition coefficient (Wildman–Crippen LogP) is 1.95. The van der Waals surface area contributed by atoms with Crippen molar-refractivity contribution < 1.29 is 28.5 Å². The van der Waals surface area contributed by atoms with Crippen molar-refractivity contribution in [2.24, 2.45) is 0 Å². The van der Waals surface area contributed by atoms with Crippen LogP contribution in [0.4, 0.5) is 0 Å². The standard InChI is InChI=1S/C25H31N3O6/c1-28(20-7-10-31-11-8-20)9-12-32-21-4-2-3-18(13-21)15-26-24(29)16-27-25(30)19-5-6-22-23(14-19)34-17-33-22/h2-6,13-14,20H,7-12,15-17H2,1H3,(H,26,29)(H,27,30). The molecule has 9 heteroatoms. The van der Waals surface area contributed by atoms with Crippen molar-refractivity contribution >= 4 is 11.8 Å². The smallest absolute Gasteiger partial charge is 0.251 e. The molecule has 0 radical (unpaired) electrons. The van der Waals surface area contributed by atoms with Gasteiger partial charge in [0.15, 0.2) is 11.5 Å². The largest absolute Gasteiger partial charge is 0.492 e. The lowest BCUT2D eigenvalue weighted by atomic mass is 10.1. The summed E-state index contributed by atoms with van der Waals surface area (Å²) in [5, 5.41) is 5.44. The van der Waals surface area contributed by atoms with E-state index in [-0.39, 0.29) is 25.2 Å². The molecule has 4 rings (SSSR count). The Bertz CT molecular complexity index is 992. The zero-order valence-corrected chi connectivity index (χ0v) is 19.4. The number of carbonyl (C=O) groups excluding carboxylic acids is 2. The van der Waals surface area contributed by atoms with Crippen molar-refractivity contribution in [1.82, 2.24) is 15.5 Å². The molecule has 9 nitrogen and oxygen atoms in total. The van der Waals surface area contributed by atoms with E-state index in [0.717, 1.165) is 43.9 Å². The third-order valence-corrected chi connectivity index (χ3v) is 5.96. The van der Waals surface area contributed by atoms with Crippen LogP contribution in [0.2, 0.25) is 0 Å². The van der Waals surface area contributed by atoms with E-state index in [9.17, 15) is 9.59 Å². The molecule has 0 spiro atoms. The zero-order chi connectivity index (χ0) is 23.8. The van der Waals surface area contributed by atoms with Crippen LogP contribution in [0.3, 0.4) is 0 Å². The number of amides is 2. The van der Waals surface area contributed by atoms with Crippen LogP contribution in [-0.2, 0) is 16.1 Å². The maximum Gasteiger partial charge on any atom is 0.251 e. The molecular weight excluding hydrogens is 438 g/mol. The van der Waals surface area contributed by atoms with Crippen LogP contribution in [0.15, 0.2) is 42.5 Å². The van der Waals surface area contributed by atoms with E-state index in [2.05, 4.69) is 22.6 Å². The van der Waals surface area contributed by atoms with Gasteiger partial charge in [-0.05, 0) is 55.8 Å². The Labute approximate surface area is 199 Å². The minimum Gasteiger partial charge on any atom is -0.492 e. The summed E-state index contributed by atoms with van der Waals surface area (Å²) in [6, 6.07) is 13.1. The van der Waals surface area contributed by atoms with Gasteiger partial charge in [-0.15, -0.1) is 0 Å². The molecule has 2 aliphatic heterocycles. The second kappa shape index (κ2) is 11.7. The van der Waals surface area contributed by atoms with Gasteiger partial charge in [0.2, 0.25) is 12.7 Å². The predicted molar refractivity (Wildman–Crippen MR) is 125 cm³/mol. The van der Waals surface area contributed by atoms with Gasteiger partial charge in [-0.1, -0.05) is 12.1 Å². The van der Waals surface area contributed by atoms with E-state index in [0.29, 0.717) is 36.3 Å². The van der Waals surface area contributed by atoms with Gasteiger partial charge in [0.05, 0.1) is 6.54 Å². The van der Waals surface area contributed by atoms with Crippen LogP contribution >= 0.6 is 0 Å². The summed E-state index contributed by atoms with van der Waals surface area (Å²) < 4.78 is 21.8. The van der Waals surface area contributed by atoms with E-state index in [1.807, 2.05) is 24.3 Å². The highest BCUT2D eigenvalue weighted by Crippen LogP contribution is 2.32. The Morgan fingerprint density at radius 2 is 1.88 bits per heavy atom. The monoisotopic (exact) mass is 469 g/mol. The van der Waals surface area contributed by atoms with Crippen molar-refractivity contribution in [2.45, 2.75) is 25.4 Å². The van der Waals surface area contributed by atoms with E-state index in [1.54, 1.807) is 18.2 Å². The molecule has 0 bridgehead atoms. The van der Waals surface area contributed by atoms with Crippen LogP contribution in [-0.4, -0.2) is 69.5 Å². The molecule has 2 N–H and O–H groups in total. The SMILES string of the molecule is CN(CCOc1cccc(CNC(=O)CNC(=O)c2ccc3c(c2)OCO3)c1)C1CCOCC1. The molecule has 0 aromatic heterocycles. The fourth-order valence-corrected chi connectivity index (χ4v) is 3.92. The minimum absolute atomic E-state index is 0.123. The molecule has 1 saturated heterocycles. The van der Waals surface area contributed by atoms with Gasteiger partial charge in [0.1, 0.15) is 12.4 Å². The maximum absolute atomic E-state index is 12.3. The number of hydrogen-bond acceptors (Lipinski definition) is 7. The fourth-order valence-electron chi connectivity index (χ4n) is 3.92. The Kier molecular flexibility index (Phi) is 8.21. The molecule has 0 atom stereocenters. The lowest BCUT2D eigenvalue weighted by Gasteiger charge is -2.31. The van der Waals surface area contributed by atoms with E-state index < -0.39 is 0 Å². The van der Waals surface area contributed by atoms with Gasteiger partial charge < -0.3 is 29.6 Å². The van der Waals surface area contributed by atoms with Crippen LogP contribution in [0.25, 0.3) is 0 Å². The Balaban J connectivity index is 1.16. The zero-order valence-electron chi connectivity index (χ0n) is 19.4. The van der Waals surface area contributed by atoms with Gasteiger partial charge in [-0.25, -0.2) is 0 Å². The van der Waals surface area contributed by atoms with Crippen molar-refractivity contribution in [1.29, 1.82) is 0 Å². The number of hydrogen-bond donors (Lipinski definition) is 2. The van der Waals surface area contributed by atoms with Crippen LogP contribution < -0.4 is 24.8 Å². The molecule has 182 valence electrons. The normalized spacial score (nSPS) is 15.2. The quantitative estimate of drug-likeness (QED) is 0.549. The Morgan fingerprint density at radius 1 is 1.06 bits per heavy atom. The van der Waals surface area contributed by atoms with Crippen molar-refractivity contribution in [2.75, 3.05) is 46.8 Å². The maximum atomic E-state index is 12.3. The molecule has 34 heavy (non-hydrogen) atoms. The first-order chi connectivity index (χ1) is 16.6. The number of fused-ring (bicyclic) bond motifs is 1. The molecule has 1 fully saturated rings. The molecular formula is C25H31N3O6. The lowest BCUT2D eigenvalue weighted by molar-refractivity contribution is -0.120. The molecule has 0 aliphatic carbocycles. The number of nitrogens with zero attached hydrogens (tertiary/aromatic N) is 1. The molecule has 2 aromatic rings. The van der Waals surface area contributed by atoms with Gasteiger partial charge >= 0.3 is 0 Å². The summed E-state index contributed by atoms with van der Waals surface area (Å²) in [4.78, 5) is 26.8. The molecule has 2 aromatic carbocycles. The number of nitrogens with one attached hydrogen (secondary N) is 2. The van der Waals surface area contributed by atoms with Crippen molar-refractivity contribution in [3.63, 3.8) is 0 Å². The molecule has 2 aliphatic rings. The summed E-state index contributed by atoms with van der Waals surface area (Å²) in [6.45, 7) is 3.45. The molecule has 2 heterocycles. The average Bonchev–Trinajstić information content (AvgIpc) is 3.35. The minimum atomic E-state index is -0.352. The van der Waals surface area contributed by atoms with E-state index in [1.165, 1.54) is 0 Å². The number of benzene rings is 2. The van der Waals surface area contributed by atoms with Crippen LogP contribution in [0.5, 0.6) is 17.2 Å². The summed E-state index contributed by atoms with van der Waals surface area (Å²) in [5.41, 5.74) is 1.33. The average molecular weight is 470 g/mol. The lowest BCUT2D eigenvalue weighted by Crippen LogP contribution is -2.38. The third kappa shape index (κ3) is 6.61. The summed E-state index contributed by atoms with van der Waals surface area (Å²) in [7, 11) is 2.12. The number of ether oxygens (including phenoxy) is 4. The molecule has 0 saturated carbocycles. The van der Waals surface area contributed by atoms with E-state index in [4.69, 9.17) is 18.9 Å². The Morgan fingerprint density at radius 3 is 2.74 bits per heavy atom. The first-order valence-electron chi connectivity index (χ1n) is 11.5. The summed E-state index contributed by atoms with van der Waals surface area (Å²) in [6.07, 6.45) is 2.12. The first-order valence-corrected chi connectivity index (χ1v) is 11.5. The van der Waals surface area contributed by atoms with Gasteiger partial charge in [-0.2, -0.15) is 0 Å². The second-order valence-electron chi connectivity index (χ2n) is 8.35. The topological polar surface area (TPSA) is 98.4 Å². The second-order valence-corrected chi connectivity index (χ2v) is 8.35. The Hall–Kier alpha value is -3.30. The molecule has 0 unspecified atom stereocenters. The molecule has 2 amide bonds. The van der Waals surface area contributed by atoms with Gasteiger partial charge in [-0.3, -0.25) is 14.5 Å². The van der Waals surface area contributed by atoms with Gasteiger partial charge in [0, 0.05) is 37.9 Å². The third-order valence-electron chi connectivity index (χ3n) is 5.96. The summed E-state index contributed by atoms with van der Waals surface area (Å²) >= 11 is 0.